The summed E-state index contributed by atoms with van der Waals surface area (Å²) < 4.78 is 0. The Labute approximate surface area is 106 Å². The lowest BCUT2D eigenvalue weighted by molar-refractivity contribution is -0.113. The molecule has 0 unspecified atom stereocenters. The second-order valence-corrected chi connectivity index (χ2v) is 4.56. The van der Waals surface area contributed by atoms with Crippen LogP contribution in [-0.4, -0.2) is 16.2 Å². The molecule has 0 aliphatic carbocycles. The molecule has 1 N–H and O–H groups in total. The van der Waals surface area contributed by atoms with E-state index in [-0.39, 0.29) is 5.91 Å². The molecule has 0 atom stereocenters. The molecule has 0 bridgehead atoms. The lowest BCUT2D eigenvalue weighted by atomic mass is 10.2. The highest BCUT2D eigenvalue weighted by atomic mass is 79.9. The van der Waals surface area contributed by atoms with E-state index in [1.165, 1.54) is 0 Å². The lowest BCUT2D eigenvalue weighted by Crippen LogP contribution is -2.12. The molecule has 0 radical (unpaired) electrons. The molecule has 82 valence electrons. The van der Waals surface area contributed by atoms with Crippen LogP contribution in [0, 0.1) is 0 Å². The van der Waals surface area contributed by atoms with E-state index in [1.54, 1.807) is 17.5 Å². The van der Waals surface area contributed by atoms with Crippen molar-refractivity contribution >= 4 is 38.9 Å². The van der Waals surface area contributed by atoms with Gasteiger partial charge >= 0.3 is 0 Å². The third kappa shape index (κ3) is 2.68. The maximum atomic E-state index is 11.2. The van der Waals surface area contributed by atoms with E-state index in [1.807, 2.05) is 29.6 Å². The van der Waals surface area contributed by atoms with Gasteiger partial charge in [-0.3, -0.25) is 4.79 Å². The Morgan fingerprint density at radius 2 is 2.38 bits per heavy atom. The number of halogens is 1. The van der Waals surface area contributed by atoms with Crippen molar-refractivity contribution in [2.24, 2.45) is 0 Å². The number of carbonyl (C=O) groups is 1. The first-order valence-corrected chi connectivity index (χ1v) is 6.65. The molecule has 0 saturated heterocycles. The van der Waals surface area contributed by atoms with E-state index in [4.69, 9.17) is 0 Å². The molecule has 0 spiro atoms. The quantitative estimate of drug-likeness (QED) is 0.884. The van der Waals surface area contributed by atoms with Gasteiger partial charge in [-0.05, 0) is 12.1 Å². The number of nitrogens with zero attached hydrogens (tertiary/aromatic N) is 1. The van der Waals surface area contributed by atoms with Crippen LogP contribution in [0.1, 0.15) is 0 Å². The van der Waals surface area contributed by atoms with Crippen LogP contribution < -0.4 is 5.32 Å². The van der Waals surface area contributed by atoms with Gasteiger partial charge in [0, 0.05) is 22.8 Å². The second kappa shape index (κ2) is 5.23. The SMILES string of the molecule is O=C(CBr)Nc1cccc(-c2nccs2)c1. The Hall–Kier alpha value is -1.20. The standard InChI is InChI=1S/C11H9BrN2OS/c12-7-10(15)14-9-3-1-2-8(6-9)11-13-4-5-16-11/h1-6H,7H2,(H,14,15). The van der Waals surface area contributed by atoms with Crippen molar-refractivity contribution in [3.63, 3.8) is 0 Å². The molecule has 5 heteroatoms. The third-order valence-electron chi connectivity index (χ3n) is 1.95. The molecule has 1 aromatic carbocycles. The second-order valence-electron chi connectivity index (χ2n) is 3.10. The van der Waals surface area contributed by atoms with Gasteiger partial charge in [0.05, 0.1) is 5.33 Å². The molecular weight excluding hydrogens is 288 g/mol. The van der Waals surface area contributed by atoms with Crippen LogP contribution in [0.3, 0.4) is 0 Å². The zero-order valence-corrected chi connectivity index (χ0v) is 10.7. The van der Waals surface area contributed by atoms with Gasteiger partial charge in [0.1, 0.15) is 5.01 Å². The van der Waals surface area contributed by atoms with Gasteiger partial charge in [0.15, 0.2) is 0 Å². The van der Waals surface area contributed by atoms with Crippen molar-refractivity contribution in [2.45, 2.75) is 0 Å². The number of amides is 1. The molecule has 16 heavy (non-hydrogen) atoms. The fourth-order valence-corrected chi connectivity index (χ4v) is 2.07. The fourth-order valence-electron chi connectivity index (χ4n) is 1.29. The summed E-state index contributed by atoms with van der Waals surface area (Å²) in [5.41, 5.74) is 1.81. The van der Waals surface area contributed by atoms with Gasteiger partial charge in [0.2, 0.25) is 5.91 Å². The first-order chi connectivity index (χ1) is 7.79. The fraction of sp³-hybridized carbons (Fsp3) is 0.0909. The molecule has 1 heterocycles. The van der Waals surface area contributed by atoms with Crippen molar-refractivity contribution in [3.8, 4) is 10.6 Å². The van der Waals surface area contributed by atoms with Gasteiger partial charge in [-0.2, -0.15) is 0 Å². The van der Waals surface area contributed by atoms with Gasteiger partial charge in [-0.15, -0.1) is 11.3 Å². The van der Waals surface area contributed by atoms with Crippen molar-refractivity contribution < 1.29 is 4.79 Å². The van der Waals surface area contributed by atoms with Crippen molar-refractivity contribution in [3.05, 3.63) is 35.8 Å². The van der Waals surface area contributed by atoms with Gasteiger partial charge in [0.25, 0.3) is 0 Å². The molecule has 0 saturated carbocycles. The molecule has 1 amide bonds. The molecule has 3 nitrogen and oxygen atoms in total. The first kappa shape index (κ1) is 11.3. The van der Waals surface area contributed by atoms with E-state index in [9.17, 15) is 4.79 Å². The lowest BCUT2D eigenvalue weighted by Gasteiger charge is -2.04. The maximum Gasteiger partial charge on any atom is 0.235 e. The number of hydrogen-bond acceptors (Lipinski definition) is 3. The van der Waals surface area contributed by atoms with Crippen LogP contribution in [0.25, 0.3) is 10.6 Å². The largest absolute Gasteiger partial charge is 0.325 e. The number of anilines is 1. The normalized spacial score (nSPS) is 10.1. The average Bonchev–Trinajstić information content (AvgIpc) is 2.83. The summed E-state index contributed by atoms with van der Waals surface area (Å²) in [6.07, 6.45) is 1.77. The van der Waals surface area contributed by atoms with Crippen molar-refractivity contribution in [1.82, 2.24) is 4.98 Å². The Morgan fingerprint density at radius 3 is 3.06 bits per heavy atom. The summed E-state index contributed by atoms with van der Waals surface area (Å²) in [4.78, 5) is 15.4. The maximum absolute atomic E-state index is 11.2. The summed E-state index contributed by atoms with van der Waals surface area (Å²) in [5, 5.41) is 5.97. The first-order valence-electron chi connectivity index (χ1n) is 4.65. The molecule has 0 fully saturated rings. The van der Waals surface area contributed by atoms with E-state index in [0.29, 0.717) is 5.33 Å². The topological polar surface area (TPSA) is 42.0 Å². The average molecular weight is 297 g/mol. The van der Waals surface area contributed by atoms with Crippen LogP contribution in [-0.2, 0) is 4.79 Å². The number of nitrogens with one attached hydrogen (secondary N) is 1. The van der Waals surface area contributed by atoms with E-state index in [0.717, 1.165) is 16.3 Å². The van der Waals surface area contributed by atoms with Gasteiger partial charge in [-0.1, -0.05) is 28.1 Å². The molecular formula is C11H9BrN2OS. The van der Waals surface area contributed by atoms with Gasteiger partial charge < -0.3 is 5.32 Å². The zero-order chi connectivity index (χ0) is 11.4. The third-order valence-corrected chi connectivity index (χ3v) is 3.28. The number of rotatable bonds is 3. The molecule has 0 aliphatic rings. The predicted octanol–water partition coefficient (Wildman–Crippen LogP) is 3.14. The predicted molar refractivity (Wildman–Crippen MR) is 70.0 cm³/mol. The van der Waals surface area contributed by atoms with Crippen LogP contribution in [0.15, 0.2) is 35.8 Å². The molecule has 2 rings (SSSR count). The smallest absolute Gasteiger partial charge is 0.235 e. The number of carbonyl (C=O) groups excluding carboxylic acids is 1. The minimum Gasteiger partial charge on any atom is -0.325 e. The van der Waals surface area contributed by atoms with Crippen LogP contribution in [0.2, 0.25) is 0 Å². The summed E-state index contributed by atoms with van der Waals surface area (Å²) in [6, 6.07) is 7.65. The number of alkyl halides is 1. The molecule has 0 aliphatic heterocycles. The summed E-state index contributed by atoms with van der Waals surface area (Å²) >= 11 is 4.68. The highest BCUT2D eigenvalue weighted by molar-refractivity contribution is 9.09. The summed E-state index contributed by atoms with van der Waals surface area (Å²) in [6.45, 7) is 0. The monoisotopic (exact) mass is 296 g/mol. The van der Waals surface area contributed by atoms with E-state index < -0.39 is 0 Å². The van der Waals surface area contributed by atoms with Gasteiger partial charge in [-0.25, -0.2) is 4.98 Å². The highest BCUT2D eigenvalue weighted by Crippen LogP contribution is 2.24. The number of benzene rings is 1. The zero-order valence-electron chi connectivity index (χ0n) is 8.31. The van der Waals surface area contributed by atoms with Crippen molar-refractivity contribution in [2.75, 3.05) is 10.6 Å². The van der Waals surface area contributed by atoms with Crippen LogP contribution >= 0.6 is 27.3 Å². The Morgan fingerprint density at radius 1 is 1.50 bits per heavy atom. The number of aromatic nitrogens is 1. The summed E-state index contributed by atoms with van der Waals surface area (Å²) in [7, 11) is 0. The van der Waals surface area contributed by atoms with Crippen LogP contribution in [0.5, 0.6) is 0 Å². The molecule has 1 aromatic heterocycles. The summed E-state index contributed by atoms with van der Waals surface area (Å²) in [5.74, 6) is -0.0590. The number of hydrogen-bond donors (Lipinski definition) is 1. The highest BCUT2D eigenvalue weighted by Gasteiger charge is 2.03. The van der Waals surface area contributed by atoms with Crippen LogP contribution in [0.4, 0.5) is 5.69 Å². The Kier molecular flexibility index (Phi) is 3.69. The van der Waals surface area contributed by atoms with E-state index >= 15 is 0 Å². The van der Waals surface area contributed by atoms with Crippen molar-refractivity contribution in [1.29, 1.82) is 0 Å². The Bertz CT molecular complexity index is 484. The molecule has 2 aromatic rings. The Balaban J connectivity index is 2.23. The minimum absolute atomic E-state index is 0.0590. The minimum atomic E-state index is -0.0590. The number of thiazole rings is 1. The van der Waals surface area contributed by atoms with E-state index in [2.05, 4.69) is 26.2 Å².